The Kier molecular flexibility index (Phi) is 31.7. The summed E-state index contributed by atoms with van der Waals surface area (Å²) in [5.74, 6) is -1.41. The van der Waals surface area contributed by atoms with Gasteiger partial charge in [0.2, 0.25) is 64.5 Å². The number of pyridine rings is 6. The number of rotatable bonds is 28. The van der Waals surface area contributed by atoms with Crippen LogP contribution in [0, 0.1) is 23.7 Å². The van der Waals surface area contributed by atoms with Gasteiger partial charge in [-0.15, -0.1) is 0 Å². The number of allylic oxidation sites excluding steroid dienone is 4. The zero-order chi connectivity index (χ0) is 97.0. The SMILES string of the molecule is COc1cc(/C=C2/C(C)=C(CC(=O)NCc3ccccn3)c3cc(F)ncc32)cc(OC)c1O.COc1cc(/C=C2/C(C)=C(CC(=O)NCc3ccccn3)c3nc(F)cnc32)cc(OC)c1O.COc1cc(/C=C2\c3ccc(F)cc3C(CC(=O)NCc3cccnc3)N2C)cc(OC)c1O.COc1cc(/C=C2\c3ccc(F)nc3C(CC(=O)NCc3cccnc3)N2C)cc(OC)c1O. The van der Waals surface area contributed by atoms with Crippen LogP contribution in [-0.4, -0.2) is 165 Å². The summed E-state index contributed by atoms with van der Waals surface area (Å²) in [6.07, 6.45) is 20.3. The number of benzene rings is 5. The Bertz CT molecular complexity index is 6140. The molecular formula is C102H98F4N14O16. The number of carbonyl (C=O) groups excluding carboxylic acids is 4. The molecule has 12 aromatic rings. The number of hydrogen-bond acceptors (Lipinski definition) is 26. The van der Waals surface area contributed by atoms with Crippen molar-refractivity contribution < 1.29 is 95.1 Å². The van der Waals surface area contributed by atoms with Gasteiger partial charge in [0, 0.05) is 110 Å². The summed E-state index contributed by atoms with van der Waals surface area (Å²) in [6.45, 7) is 5.03. The van der Waals surface area contributed by atoms with E-state index >= 15 is 0 Å². The number of methoxy groups -OCH3 is 8. The lowest BCUT2D eigenvalue weighted by Crippen LogP contribution is -2.28. The summed E-state index contributed by atoms with van der Waals surface area (Å²) < 4.78 is 98.2. The van der Waals surface area contributed by atoms with Crippen molar-refractivity contribution in [2.75, 3.05) is 71.0 Å². The fourth-order valence-corrected chi connectivity index (χ4v) is 15.8. The third-order valence-electron chi connectivity index (χ3n) is 22.8. The molecule has 0 spiro atoms. The van der Waals surface area contributed by atoms with Gasteiger partial charge in [-0.25, -0.2) is 24.3 Å². The number of hydrogen-bond donors (Lipinski definition) is 8. The number of carbonyl (C=O) groups is 4. The van der Waals surface area contributed by atoms with Crippen molar-refractivity contribution in [1.29, 1.82) is 0 Å². The first-order valence-electron chi connectivity index (χ1n) is 42.5. The first-order chi connectivity index (χ1) is 65.6. The molecule has 2 aliphatic heterocycles. The Morgan fingerprint density at radius 1 is 0.382 bits per heavy atom. The molecule has 700 valence electrons. The first kappa shape index (κ1) is 96.9. The van der Waals surface area contributed by atoms with Crippen LogP contribution in [0.25, 0.3) is 58.0 Å². The van der Waals surface area contributed by atoms with Crippen molar-refractivity contribution in [2.24, 2.45) is 0 Å². The predicted octanol–water partition coefficient (Wildman–Crippen LogP) is 15.8. The first-order valence-corrected chi connectivity index (χ1v) is 42.5. The molecule has 0 saturated carbocycles. The molecule has 2 atom stereocenters. The summed E-state index contributed by atoms with van der Waals surface area (Å²) in [5.41, 5.74) is 16.9. The van der Waals surface area contributed by atoms with Crippen molar-refractivity contribution in [2.45, 2.75) is 77.8 Å². The topological polar surface area (TPSA) is 381 Å². The molecule has 9 heterocycles. The average molecular weight is 1850 g/mol. The van der Waals surface area contributed by atoms with Crippen LogP contribution in [0.2, 0.25) is 0 Å². The minimum Gasteiger partial charge on any atom is -0.502 e. The Balaban J connectivity index is 0.000000153. The second-order valence-corrected chi connectivity index (χ2v) is 31.2. The van der Waals surface area contributed by atoms with Gasteiger partial charge in [-0.2, -0.15) is 13.2 Å². The molecule has 0 fully saturated rings. The third kappa shape index (κ3) is 22.9. The molecule has 136 heavy (non-hydrogen) atoms. The summed E-state index contributed by atoms with van der Waals surface area (Å²) >= 11 is 0. The van der Waals surface area contributed by atoms with Crippen LogP contribution in [-0.2, 0) is 45.4 Å². The van der Waals surface area contributed by atoms with Crippen LogP contribution in [0.4, 0.5) is 17.6 Å². The number of nitrogens with one attached hydrogen (secondary N) is 4. The van der Waals surface area contributed by atoms with Crippen LogP contribution in [0.5, 0.6) is 69.0 Å². The lowest BCUT2D eigenvalue weighted by atomic mass is 10.0. The van der Waals surface area contributed by atoms with Gasteiger partial charge in [-0.05, 0) is 226 Å². The highest BCUT2D eigenvalue weighted by Gasteiger charge is 2.37. The molecular weight excluding hydrogens is 1750 g/mol. The van der Waals surface area contributed by atoms with Crippen molar-refractivity contribution in [1.82, 2.24) is 70.9 Å². The molecule has 4 amide bonds. The second kappa shape index (κ2) is 44.5. The van der Waals surface area contributed by atoms with Gasteiger partial charge in [0.05, 0.1) is 142 Å². The number of phenols is 4. The van der Waals surface area contributed by atoms with E-state index in [4.69, 9.17) is 37.9 Å². The normalized spacial score (nSPS) is 14.8. The highest BCUT2D eigenvalue weighted by atomic mass is 19.1. The maximum atomic E-state index is 14.2. The monoisotopic (exact) mass is 1850 g/mol. The van der Waals surface area contributed by atoms with E-state index in [0.29, 0.717) is 70.1 Å². The van der Waals surface area contributed by atoms with Crippen LogP contribution < -0.4 is 59.2 Å². The molecule has 16 rings (SSSR count). The summed E-state index contributed by atoms with van der Waals surface area (Å²) in [4.78, 5) is 87.4. The van der Waals surface area contributed by atoms with E-state index in [1.807, 2.05) is 111 Å². The van der Waals surface area contributed by atoms with Crippen LogP contribution in [0.1, 0.15) is 141 Å². The Morgan fingerprint density at radius 2 is 0.809 bits per heavy atom. The molecule has 2 unspecified atom stereocenters. The van der Waals surface area contributed by atoms with Gasteiger partial charge in [0.1, 0.15) is 5.82 Å². The van der Waals surface area contributed by atoms with E-state index in [1.165, 1.54) is 87.3 Å². The minimum absolute atomic E-state index is 0.00333. The molecule has 0 radical (unpaired) electrons. The van der Waals surface area contributed by atoms with Crippen molar-refractivity contribution in [3.63, 3.8) is 0 Å². The van der Waals surface area contributed by atoms with Gasteiger partial charge >= 0.3 is 0 Å². The third-order valence-corrected chi connectivity index (χ3v) is 22.8. The maximum Gasteiger partial charge on any atom is 0.231 e. The number of aromatic hydroxyl groups is 4. The van der Waals surface area contributed by atoms with Crippen LogP contribution >= 0.6 is 0 Å². The van der Waals surface area contributed by atoms with E-state index in [0.717, 1.165) is 90.2 Å². The van der Waals surface area contributed by atoms with Gasteiger partial charge in [0.25, 0.3) is 0 Å². The van der Waals surface area contributed by atoms with E-state index in [-0.39, 0.29) is 137 Å². The number of phenolic OH excluding ortho intramolecular Hbond substituents is 4. The highest BCUT2D eigenvalue weighted by Crippen LogP contribution is 2.50. The van der Waals surface area contributed by atoms with Crippen LogP contribution in [0.3, 0.4) is 0 Å². The van der Waals surface area contributed by atoms with Gasteiger partial charge in [-0.3, -0.25) is 39.1 Å². The zero-order valence-electron chi connectivity index (χ0n) is 76.3. The predicted molar refractivity (Wildman–Crippen MR) is 502 cm³/mol. The van der Waals surface area contributed by atoms with Gasteiger partial charge < -0.3 is 89.4 Å². The number of halogens is 4. The van der Waals surface area contributed by atoms with Crippen LogP contribution in [0.15, 0.2) is 206 Å². The van der Waals surface area contributed by atoms with Crippen molar-refractivity contribution in [3.8, 4) is 69.0 Å². The Hall–Kier alpha value is -16.7. The molecule has 8 N–H and O–H groups in total. The van der Waals surface area contributed by atoms with E-state index < -0.39 is 23.9 Å². The molecule has 34 heteroatoms. The van der Waals surface area contributed by atoms with E-state index in [9.17, 15) is 57.2 Å². The standard InChI is InChI=1S/C26H26FN3O4.C26H24FN3O4.C25H25FN4O4.C25H23FN4O4/c1-30-21(9-17-10-23(33-2)26(32)24(11-17)34-3)19-7-6-18(27)12-20(19)22(30)13-25(31)29-15-16-5-4-8-28-14-16;1-15-18(8-16-9-22(33-2)26(32)23(10-16)34-3)21-14-29-24(27)11-20(21)19(15)12-25(31)30-13-17-6-4-5-7-28-17;1-30-18(9-16-10-20(33-2)25(32)21(11-16)34-3)17-6-7-22(26)29-24(17)19(30)12-23(31)28-14-15-5-4-8-27-13-15;1-14-17(8-15-9-19(33-2)25(32)20(10-15)34-3)23-24(30-21(26)13-29-23)18(14)11-22(31)28-12-16-6-4-5-7-27-16/h4-12,14,22,32H,13,15H2,1-3H3,(H,29,31);4-11,14,32H,12-13H2,1-3H3,(H,30,31);4-11,13,19,32H,12,14H2,1-3H3,(H,28,31);4-10,13,32H,11-12H2,1-3H3,(H,28,31)/b21-9+;18-8-;18-9+;17-8-. The number of fused-ring (bicyclic) bond motifs is 4. The van der Waals surface area contributed by atoms with Crippen molar-refractivity contribution in [3.05, 3.63) is 320 Å². The molecule has 5 aromatic carbocycles. The van der Waals surface area contributed by atoms with E-state index in [2.05, 4.69) is 61.1 Å². The molecule has 7 aromatic heterocycles. The fraction of sp³-hybridized carbons (Fsp3) is 0.216. The molecule has 2 aliphatic carbocycles. The number of nitrogens with zero attached hydrogens (tertiary/aromatic N) is 10. The quantitative estimate of drug-likeness (QED) is 0.0167. The molecule has 0 saturated heterocycles. The Labute approximate surface area is 781 Å². The minimum atomic E-state index is -0.729. The number of aromatic nitrogens is 8. The van der Waals surface area contributed by atoms with Gasteiger partial charge in [-0.1, -0.05) is 24.3 Å². The smallest absolute Gasteiger partial charge is 0.231 e. The summed E-state index contributed by atoms with van der Waals surface area (Å²) in [5, 5.41) is 52.3. The molecule has 0 bridgehead atoms. The largest absolute Gasteiger partial charge is 0.502 e. The van der Waals surface area contributed by atoms with E-state index in [1.54, 1.807) is 110 Å². The molecule has 4 aliphatic rings. The average Bonchev–Trinajstić information content (AvgIpc) is 1.66. The second-order valence-electron chi connectivity index (χ2n) is 31.2. The lowest BCUT2D eigenvalue weighted by molar-refractivity contribution is -0.123. The number of amides is 4. The lowest BCUT2D eigenvalue weighted by Gasteiger charge is -2.23. The summed E-state index contributed by atoms with van der Waals surface area (Å²) in [7, 11) is 15.3. The maximum absolute atomic E-state index is 14.2. The zero-order valence-corrected chi connectivity index (χ0v) is 76.3. The number of ether oxygens (including phenoxy) is 8. The van der Waals surface area contributed by atoms with Gasteiger partial charge in [0.15, 0.2) is 46.0 Å². The fourth-order valence-electron chi connectivity index (χ4n) is 15.8. The Morgan fingerprint density at radius 3 is 1.26 bits per heavy atom. The summed E-state index contributed by atoms with van der Waals surface area (Å²) in [6, 6.07) is 39.8. The van der Waals surface area contributed by atoms with Crippen molar-refractivity contribution >= 4 is 81.6 Å². The molecule has 30 nitrogen and oxygen atoms in total. The highest BCUT2D eigenvalue weighted by molar-refractivity contribution is 6.09.